The first-order valence-corrected chi connectivity index (χ1v) is 8.28. The zero-order valence-corrected chi connectivity index (χ0v) is 14.5. The zero-order chi connectivity index (χ0) is 17.2. The van der Waals surface area contributed by atoms with Gasteiger partial charge in [0.25, 0.3) is 0 Å². The summed E-state index contributed by atoms with van der Waals surface area (Å²) in [7, 11) is 3.49. The van der Waals surface area contributed by atoms with Crippen LogP contribution >= 0.6 is 0 Å². The van der Waals surface area contributed by atoms with E-state index in [9.17, 15) is 0 Å². The van der Waals surface area contributed by atoms with Crippen molar-refractivity contribution in [3.63, 3.8) is 0 Å². The summed E-state index contributed by atoms with van der Waals surface area (Å²) in [6, 6.07) is 9.79. The minimum absolute atomic E-state index is 0.530. The Hall–Kier alpha value is -2.10. The van der Waals surface area contributed by atoms with Crippen LogP contribution in [0.25, 0.3) is 0 Å². The second-order valence-corrected chi connectivity index (χ2v) is 5.88. The summed E-state index contributed by atoms with van der Waals surface area (Å²) >= 11 is 0. The number of nitrogens with zero attached hydrogens (tertiary/aromatic N) is 3. The second kappa shape index (κ2) is 9.91. The van der Waals surface area contributed by atoms with E-state index < -0.39 is 0 Å². The van der Waals surface area contributed by atoms with Crippen LogP contribution in [0.1, 0.15) is 17.5 Å². The van der Waals surface area contributed by atoms with Crippen LogP contribution in [-0.4, -0.2) is 57.9 Å². The lowest BCUT2D eigenvalue weighted by atomic mass is 10.1. The molecular weight excluding hydrogens is 304 g/mol. The Morgan fingerprint density at radius 1 is 1.46 bits per heavy atom. The van der Waals surface area contributed by atoms with Gasteiger partial charge in [-0.15, -0.1) is 0 Å². The van der Waals surface area contributed by atoms with Crippen LogP contribution in [-0.2, 0) is 16.0 Å². The van der Waals surface area contributed by atoms with Crippen molar-refractivity contribution in [2.45, 2.75) is 13.0 Å². The lowest BCUT2D eigenvalue weighted by Crippen LogP contribution is -2.39. The van der Waals surface area contributed by atoms with Crippen LogP contribution in [0, 0.1) is 17.2 Å². The monoisotopic (exact) mass is 330 g/mol. The van der Waals surface area contributed by atoms with Crippen LogP contribution in [0.5, 0.6) is 0 Å². The van der Waals surface area contributed by atoms with E-state index in [4.69, 9.17) is 14.7 Å². The SMILES string of the molecule is CN=C(NCc1cccc(C#N)c1)N1CCC(COCCOC)C1. The van der Waals surface area contributed by atoms with Gasteiger partial charge in [0.1, 0.15) is 0 Å². The average Bonchev–Trinajstić information content (AvgIpc) is 3.08. The number of methoxy groups -OCH3 is 1. The predicted octanol–water partition coefficient (Wildman–Crippen LogP) is 1.62. The van der Waals surface area contributed by atoms with Gasteiger partial charge in [0.15, 0.2) is 5.96 Å². The van der Waals surface area contributed by atoms with Crippen molar-refractivity contribution < 1.29 is 9.47 Å². The maximum absolute atomic E-state index is 8.97. The van der Waals surface area contributed by atoms with E-state index in [2.05, 4.69) is 21.3 Å². The van der Waals surface area contributed by atoms with Gasteiger partial charge in [-0.25, -0.2) is 0 Å². The summed E-state index contributed by atoms with van der Waals surface area (Å²) in [5.74, 6) is 1.43. The highest BCUT2D eigenvalue weighted by Crippen LogP contribution is 2.16. The highest BCUT2D eigenvalue weighted by atomic mass is 16.5. The Morgan fingerprint density at radius 3 is 3.08 bits per heavy atom. The molecule has 0 amide bonds. The Kier molecular flexibility index (Phi) is 7.53. The molecule has 2 rings (SSSR count). The van der Waals surface area contributed by atoms with Crippen LogP contribution in [0.2, 0.25) is 0 Å². The third-order valence-corrected chi connectivity index (χ3v) is 4.09. The van der Waals surface area contributed by atoms with Gasteiger partial charge in [-0.1, -0.05) is 12.1 Å². The van der Waals surface area contributed by atoms with Crippen molar-refractivity contribution in [1.29, 1.82) is 5.26 Å². The Labute approximate surface area is 144 Å². The normalized spacial score (nSPS) is 17.8. The van der Waals surface area contributed by atoms with Gasteiger partial charge < -0.3 is 19.7 Å². The number of aliphatic imine (C=N–C) groups is 1. The molecule has 0 bridgehead atoms. The summed E-state index contributed by atoms with van der Waals surface area (Å²) in [5.41, 5.74) is 1.76. The molecule has 0 aliphatic carbocycles. The maximum Gasteiger partial charge on any atom is 0.193 e. The standard InChI is InChI=1S/C18H26N4O2/c1-20-18(21-12-16-5-3-4-15(10-16)11-19)22-7-6-17(13-22)14-24-9-8-23-2/h3-5,10,17H,6-9,12-14H2,1-2H3,(H,20,21). The van der Waals surface area contributed by atoms with E-state index in [1.54, 1.807) is 14.2 Å². The molecule has 1 aliphatic heterocycles. The summed E-state index contributed by atoms with van der Waals surface area (Å²) in [4.78, 5) is 6.64. The van der Waals surface area contributed by atoms with Crippen LogP contribution in [0.15, 0.2) is 29.3 Å². The van der Waals surface area contributed by atoms with Gasteiger partial charge in [0, 0.05) is 39.7 Å². The van der Waals surface area contributed by atoms with Crippen molar-refractivity contribution >= 4 is 5.96 Å². The Bertz CT molecular complexity index is 583. The molecule has 1 N–H and O–H groups in total. The van der Waals surface area contributed by atoms with E-state index >= 15 is 0 Å². The molecule has 24 heavy (non-hydrogen) atoms. The smallest absolute Gasteiger partial charge is 0.193 e. The van der Waals surface area contributed by atoms with Crippen LogP contribution in [0.4, 0.5) is 0 Å². The minimum Gasteiger partial charge on any atom is -0.382 e. The lowest BCUT2D eigenvalue weighted by molar-refractivity contribution is 0.0536. The molecule has 0 radical (unpaired) electrons. The third-order valence-electron chi connectivity index (χ3n) is 4.09. The largest absolute Gasteiger partial charge is 0.382 e. The third kappa shape index (κ3) is 5.52. The topological polar surface area (TPSA) is 69.9 Å². The summed E-state index contributed by atoms with van der Waals surface area (Å²) in [6.07, 6.45) is 1.11. The molecule has 1 aromatic carbocycles. The molecule has 1 aromatic rings. The molecule has 1 aliphatic rings. The Morgan fingerprint density at radius 2 is 2.33 bits per heavy atom. The van der Waals surface area contributed by atoms with E-state index in [1.165, 1.54) is 0 Å². The molecule has 1 heterocycles. The van der Waals surface area contributed by atoms with Crippen molar-refractivity contribution in [1.82, 2.24) is 10.2 Å². The zero-order valence-electron chi connectivity index (χ0n) is 14.5. The van der Waals surface area contributed by atoms with E-state index in [1.807, 2.05) is 24.3 Å². The minimum atomic E-state index is 0.530. The fraction of sp³-hybridized carbons (Fsp3) is 0.556. The first kappa shape index (κ1) is 18.2. The second-order valence-electron chi connectivity index (χ2n) is 5.88. The van der Waals surface area contributed by atoms with Crippen molar-refractivity contribution in [3.05, 3.63) is 35.4 Å². The first-order valence-electron chi connectivity index (χ1n) is 8.28. The first-order chi connectivity index (χ1) is 11.8. The van der Waals surface area contributed by atoms with E-state index in [0.29, 0.717) is 31.2 Å². The van der Waals surface area contributed by atoms with Gasteiger partial charge in [-0.2, -0.15) is 5.26 Å². The fourth-order valence-corrected chi connectivity index (χ4v) is 2.82. The average molecular weight is 330 g/mol. The summed E-state index contributed by atoms with van der Waals surface area (Å²) < 4.78 is 10.6. The fourth-order valence-electron chi connectivity index (χ4n) is 2.82. The highest BCUT2D eigenvalue weighted by molar-refractivity contribution is 5.80. The van der Waals surface area contributed by atoms with Crippen molar-refractivity contribution in [3.8, 4) is 6.07 Å². The number of nitrogens with one attached hydrogen (secondary N) is 1. The molecule has 130 valence electrons. The molecule has 6 heteroatoms. The number of hydrogen-bond acceptors (Lipinski definition) is 4. The number of nitriles is 1. The number of guanidine groups is 1. The van der Waals surface area contributed by atoms with Gasteiger partial charge in [0.2, 0.25) is 0 Å². The van der Waals surface area contributed by atoms with Gasteiger partial charge in [0.05, 0.1) is 31.5 Å². The van der Waals surface area contributed by atoms with Gasteiger partial charge in [-0.3, -0.25) is 4.99 Å². The molecular formula is C18H26N4O2. The molecule has 1 fully saturated rings. The Balaban J connectivity index is 1.79. The molecule has 0 spiro atoms. The molecule has 1 atom stereocenters. The molecule has 1 unspecified atom stereocenters. The highest BCUT2D eigenvalue weighted by Gasteiger charge is 2.24. The number of likely N-dealkylation sites (tertiary alicyclic amines) is 1. The van der Waals surface area contributed by atoms with E-state index in [-0.39, 0.29) is 0 Å². The quantitative estimate of drug-likeness (QED) is 0.467. The number of ether oxygens (including phenoxy) is 2. The summed E-state index contributed by atoms with van der Waals surface area (Å²) in [5, 5.41) is 12.4. The molecule has 0 saturated carbocycles. The number of rotatable bonds is 7. The van der Waals surface area contributed by atoms with Gasteiger partial charge in [-0.05, 0) is 24.1 Å². The van der Waals surface area contributed by atoms with E-state index in [0.717, 1.165) is 37.6 Å². The summed E-state index contributed by atoms with van der Waals surface area (Å²) in [6.45, 7) is 4.65. The molecule has 1 saturated heterocycles. The van der Waals surface area contributed by atoms with Gasteiger partial charge >= 0.3 is 0 Å². The molecule has 6 nitrogen and oxygen atoms in total. The number of hydrogen-bond donors (Lipinski definition) is 1. The van der Waals surface area contributed by atoms with Crippen molar-refractivity contribution in [2.75, 3.05) is 47.1 Å². The molecule has 0 aromatic heterocycles. The van der Waals surface area contributed by atoms with Crippen LogP contribution < -0.4 is 5.32 Å². The predicted molar refractivity (Wildman–Crippen MR) is 93.7 cm³/mol. The van der Waals surface area contributed by atoms with Crippen LogP contribution in [0.3, 0.4) is 0 Å². The lowest BCUT2D eigenvalue weighted by Gasteiger charge is -2.22. The van der Waals surface area contributed by atoms with Crippen molar-refractivity contribution in [2.24, 2.45) is 10.9 Å². The number of benzene rings is 1. The maximum atomic E-state index is 8.97.